The number of anilines is 1. The Hall–Kier alpha value is -3.23. The Morgan fingerprint density at radius 1 is 1.17 bits per heavy atom. The average molecular weight is 408 g/mol. The topological polar surface area (TPSA) is 67.9 Å². The lowest BCUT2D eigenvalue weighted by Crippen LogP contribution is -2.31. The molecule has 0 aromatic heterocycles. The van der Waals surface area contributed by atoms with Gasteiger partial charge in [-0.3, -0.25) is 9.59 Å². The van der Waals surface area contributed by atoms with Crippen molar-refractivity contribution < 1.29 is 32.2 Å². The molecule has 0 spiro atoms. The molecule has 0 aliphatic carbocycles. The third-order valence-electron chi connectivity index (χ3n) is 4.52. The van der Waals surface area contributed by atoms with Gasteiger partial charge in [-0.1, -0.05) is 12.1 Å². The Bertz CT molecular complexity index is 899. The summed E-state index contributed by atoms with van der Waals surface area (Å²) in [6, 6.07) is 8.45. The highest BCUT2D eigenvalue weighted by Crippen LogP contribution is 2.26. The molecule has 3 rings (SSSR count). The predicted octanol–water partition coefficient (Wildman–Crippen LogP) is 2.98. The van der Waals surface area contributed by atoms with Crippen LogP contribution < -0.4 is 14.8 Å². The Kier molecular flexibility index (Phi) is 6.26. The fourth-order valence-corrected chi connectivity index (χ4v) is 3.04. The van der Waals surface area contributed by atoms with Crippen molar-refractivity contribution in [2.75, 3.05) is 32.1 Å². The Morgan fingerprint density at radius 2 is 1.83 bits per heavy atom. The summed E-state index contributed by atoms with van der Waals surface area (Å²) in [4.78, 5) is 25.9. The minimum Gasteiger partial charge on any atom is -0.493 e. The van der Waals surface area contributed by atoms with Crippen LogP contribution in [0.1, 0.15) is 6.42 Å². The van der Waals surface area contributed by atoms with Crippen LogP contribution in [0.3, 0.4) is 0 Å². The van der Waals surface area contributed by atoms with Gasteiger partial charge >= 0.3 is 0 Å². The maximum Gasteiger partial charge on any atom is 0.229 e. The predicted molar refractivity (Wildman–Crippen MR) is 98.1 cm³/mol. The van der Waals surface area contributed by atoms with Gasteiger partial charge < -0.3 is 19.7 Å². The molecule has 1 aliphatic rings. The highest BCUT2D eigenvalue weighted by atomic mass is 19.2. The lowest BCUT2D eigenvalue weighted by Gasteiger charge is -2.17. The summed E-state index contributed by atoms with van der Waals surface area (Å²) in [7, 11) is 1.52. The number of carbonyl (C=O) groups is 2. The minimum atomic E-state index is -1.61. The second kappa shape index (κ2) is 8.85. The Labute approximate surface area is 165 Å². The minimum absolute atomic E-state index is 0.0351. The van der Waals surface area contributed by atoms with Gasteiger partial charge in [-0.2, -0.15) is 0 Å². The van der Waals surface area contributed by atoms with Crippen LogP contribution in [-0.4, -0.2) is 43.5 Å². The van der Waals surface area contributed by atoms with Crippen molar-refractivity contribution in [1.29, 1.82) is 0 Å². The SMILES string of the molecule is COc1ccccc1OCCN1CC(C(=O)Nc2cc(F)c(F)c(F)c2)CC1=O. The Balaban J connectivity index is 1.53. The van der Waals surface area contributed by atoms with E-state index < -0.39 is 29.3 Å². The molecule has 154 valence electrons. The van der Waals surface area contributed by atoms with Crippen molar-refractivity contribution in [2.24, 2.45) is 5.92 Å². The van der Waals surface area contributed by atoms with Gasteiger partial charge in [-0.15, -0.1) is 0 Å². The van der Waals surface area contributed by atoms with Crippen LogP contribution >= 0.6 is 0 Å². The standard InChI is InChI=1S/C20H19F3N2O4/c1-28-16-4-2-3-5-17(16)29-7-6-25-11-12(8-18(25)26)20(27)24-13-9-14(21)19(23)15(22)10-13/h2-5,9-10,12H,6-8,11H2,1H3,(H,24,27). The van der Waals surface area contributed by atoms with Crippen LogP contribution in [0.4, 0.5) is 18.9 Å². The van der Waals surface area contributed by atoms with Crippen molar-refractivity contribution in [2.45, 2.75) is 6.42 Å². The number of nitrogens with one attached hydrogen (secondary N) is 1. The van der Waals surface area contributed by atoms with E-state index in [1.165, 1.54) is 12.0 Å². The summed E-state index contributed by atoms with van der Waals surface area (Å²) in [6.07, 6.45) is -0.0351. The molecule has 2 aromatic rings. The third-order valence-corrected chi connectivity index (χ3v) is 4.52. The zero-order chi connectivity index (χ0) is 21.0. The first-order valence-corrected chi connectivity index (χ1v) is 8.88. The van der Waals surface area contributed by atoms with Crippen molar-refractivity contribution in [3.63, 3.8) is 0 Å². The molecule has 0 saturated carbocycles. The zero-order valence-electron chi connectivity index (χ0n) is 15.6. The number of rotatable bonds is 7. The molecule has 9 heteroatoms. The molecule has 2 aromatic carbocycles. The van der Waals surface area contributed by atoms with Crippen LogP contribution in [0, 0.1) is 23.4 Å². The molecule has 1 atom stereocenters. The normalized spacial score (nSPS) is 16.1. The van der Waals surface area contributed by atoms with E-state index in [1.807, 2.05) is 0 Å². The average Bonchev–Trinajstić information content (AvgIpc) is 3.07. The van der Waals surface area contributed by atoms with Gasteiger partial charge in [0.2, 0.25) is 11.8 Å². The van der Waals surface area contributed by atoms with Crippen LogP contribution in [0.15, 0.2) is 36.4 Å². The van der Waals surface area contributed by atoms with E-state index in [2.05, 4.69) is 5.32 Å². The number of amides is 2. The van der Waals surface area contributed by atoms with Crippen LogP contribution in [0.25, 0.3) is 0 Å². The summed E-state index contributed by atoms with van der Waals surface area (Å²) >= 11 is 0. The first-order valence-electron chi connectivity index (χ1n) is 8.88. The summed E-state index contributed by atoms with van der Waals surface area (Å²) in [5, 5.41) is 2.32. The smallest absolute Gasteiger partial charge is 0.229 e. The maximum absolute atomic E-state index is 13.3. The van der Waals surface area contributed by atoms with Gasteiger partial charge in [0.1, 0.15) is 6.61 Å². The van der Waals surface area contributed by atoms with Crippen molar-refractivity contribution in [1.82, 2.24) is 4.90 Å². The number of nitrogens with zero attached hydrogens (tertiary/aromatic N) is 1. The molecule has 1 aliphatic heterocycles. The van der Waals surface area contributed by atoms with Gasteiger partial charge in [-0.05, 0) is 12.1 Å². The number of hydrogen-bond acceptors (Lipinski definition) is 4. The third kappa shape index (κ3) is 4.79. The molecule has 0 bridgehead atoms. The van der Waals surface area contributed by atoms with Gasteiger partial charge in [0.05, 0.1) is 19.6 Å². The largest absolute Gasteiger partial charge is 0.493 e. The number of hydrogen-bond donors (Lipinski definition) is 1. The number of halogens is 3. The molecule has 1 saturated heterocycles. The van der Waals surface area contributed by atoms with Gasteiger partial charge in [0, 0.05) is 30.8 Å². The first kappa shape index (κ1) is 20.5. The molecule has 0 radical (unpaired) electrons. The second-order valence-electron chi connectivity index (χ2n) is 6.48. The number of carbonyl (C=O) groups excluding carboxylic acids is 2. The number of likely N-dealkylation sites (tertiary alicyclic amines) is 1. The lowest BCUT2D eigenvalue weighted by atomic mass is 10.1. The quantitative estimate of drug-likeness (QED) is 0.716. The van der Waals surface area contributed by atoms with E-state index in [1.54, 1.807) is 24.3 Å². The number of methoxy groups -OCH3 is 1. The fraction of sp³-hybridized carbons (Fsp3) is 0.300. The molecule has 2 amide bonds. The molecular weight excluding hydrogens is 389 g/mol. The maximum atomic E-state index is 13.3. The summed E-state index contributed by atoms with van der Waals surface area (Å²) in [5.41, 5.74) is -0.211. The van der Waals surface area contributed by atoms with E-state index in [-0.39, 0.29) is 37.7 Å². The molecule has 1 N–H and O–H groups in total. The van der Waals surface area contributed by atoms with Crippen molar-refractivity contribution in [3.8, 4) is 11.5 Å². The van der Waals surface area contributed by atoms with Gasteiger partial charge in [0.25, 0.3) is 0 Å². The van der Waals surface area contributed by atoms with E-state index in [0.717, 1.165) is 0 Å². The highest BCUT2D eigenvalue weighted by molar-refractivity contribution is 5.97. The highest BCUT2D eigenvalue weighted by Gasteiger charge is 2.34. The zero-order valence-corrected chi connectivity index (χ0v) is 15.6. The monoisotopic (exact) mass is 408 g/mol. The van der Waals surface area contributed by atoms with Crippen molar-refractivity contribution >= 4 is 17.5 Å². The summed E-state index contributed by atoms with van der Waals surface area (Å²) in [5.74, 6) is -4.81. The summed E-state index contributed by atoms with van der Waals surface area (Å²) < 4.78 is 50.4. The van der Waals surface area contributed by atoms with Crippen LogP contribution in [-0.2, 0) is 9.59 Å². The summed E-state index contributed by atoms with van der Waals surface area (Å²) in [6.45, 7) is 0.613. The first-order chi connectivity index (χ1) is 13.9. The second-order valence-corrected chi connectivity index (χ2v) is 6.48. The lowest BCUT2D eigenvalue weighted by molar-refractivity contribution is -0.128. The molecular formula is C20H19F3N2O4. The van der Waals surface area contributed by atoms with Crippen molar-refractivity contribution in [3.05, 3.63) is 53.8 Å². The molecule has 6 nitrogen and oxygen atoms in total. The Morgan fingerprint density at radius 3 is 2.48 bits per heavy atom. The van der Waals surface area contributed by atoms with Crippen LogP contribution in [0.5, 0.6) is 11.5 Å². The molecule has 1 unspecified atom stereocenters. The molecule has 29 heavy (non-hydrogen) atoms. The van der Waals surface area contributed by atoms with E-state index in [0.29, 0.717) is 23.6 Å². The van der Waals surface area contributed by atoms with Gasteiger partial charge in [-0.25, -0.2) is 13.2 Å². The number of para-hydroxylation sites is 2. The van der Waals surface area contributed by atoms with E-state index in [4.69, 9.17) is 9.47 Å². The van der Waals surface area contributed by atoms with E-state index >= 15 is 0 Å². The molecule has 1 heterocycles. The fourth-order valence-electron chi connectivity index (χ4n) is 3.04. The molecule has 1 fully saturated rings. The van der Waals surface area contributed by atoms with Crippen LogP contribution in [0.2, 0.25) is 0 Å². The van der Waals surface area contributed by atoms with Gasteiger partial charge in [0.15, 0.2) is 29.0 Å². The number of ether oxygens (including phenoxy) is 2. The van der Waals surface area contributed by atoms with E-state index in [9.17, 15) is 22.8 Å². The number of benzene rings is 2.